The maximum Gasteiger partial charge on any atom is -0.00461 e. The van der Waals surface area contributed by atoms with E-state index in [9.17, 15) is 0 Å². The number of hydrogen-bond donors (Lipinski definition) is 1. The smallest absolute Gasteiger partial charge is 0.00461 e. The molecule has 3 atom stereocenters. The van der Waals surface area contributed by atoms with Crippen molar-refractivity contribution in [2.75, 3.05) is 6.54 Å². The Morgan fingerprint density at radius 3 is 2.58 bits per heavy atom. The molecule has 2 N–H and O–H groups in total. The van der Waals surface area contributed by atoms with Gasteiger partial charge in [-0.15, -0.1) is 0 Å². The molecule has 1 fully saturated rings. The summed E-state index contributed by atoms with van der Waals surface area (Å²) in [6, 6.07) is 0. The van der Waals surface area contributed by atoms with Gasteiger partial charge in [0.2, 0.25) is 0 Å². The average Bonchev–Trinajstić information content (AvgIpc) is 2.16. The first-order chi connectivity index (χ1) is 5.79. The zero-order valence-corrected chi connectivity index (χ0v) is 8.55. The van der Waals surface area contributed by atoms with Gasteiger partial charge in [0.05, 0.1) is 0 Å². The van der Waals surface area contributed by atoms with Gasteiger partial charge < -0.3 is 5.73 Å². The van der Waals surface area contributed by atoms with Crippen molar-refractivity contribution in [1.82, 2.24) is 0 Å². The Morgan fingerprint density at radius 2 is 2.00 bits per heavy atom. The third-order valence-electron chi connectivity index (χ3n) is 3.65. The highest BCUT2D eigenvalue weighted by molar-refractivity contribution is 4.79. The maximum atomic E-state index is 5.79. The van der Waals surface area contributed by atoms with Crippen molar-refractivity contribution in [1.29, 1.82) is 0 Å². The largest absolute Gasteiger partial charge is 0.330 e. The van der Waals surface area contributed by atoms with Crippen LogP contribution in [0.3, 0.4) is 0 Å². The van der Waals surface area contributed by atoms with Crippen LogP contribution < -0.4 is 5.73 Å². The summed E-state index contributed by atoms with van der Waals surface area (Å²) in [7, 11) is 0. The molecular weight excluding hydrogens is 146 g/mol. The van der Waals surface area contributed by atoms with Gasteiger partial charge in [-0.05, 0) is 37.1 Å². The molecule has 0 aromatic rings. The molecule has 0 radical (unpaired) electrons. The van der Waals surface area contributed by atoms with E-state index in [1.54, 1.807) is 0 Å². The van der Waals surface area contributed by atoms with E-state index in [0.717, 1.165) is 24.3 Å². The first-order valence-corrected chi connectivity index (χ1v) is 5.49. The summed E-state index contributed by atoms with van der Waals surface area (Å²) in [5.74, 6) is 2.64. The predicted molar refractivity (Wildman–Crippen MR) is 54.0 cm³/mol. The van der Waals surface area contributed by atoms with Crippen molar-refractivity contribution in [3.05, 3.63) is 0 Å². The SMILES string of the molecule is CCC(C)[C@@H]1CCCC[C@@H]1CN. The fourth-order valence-electron chi connectivity index (χ4n) is 2.58. The summed E-state index contributed by atoms with van der Waals surface area (Å²) < 4.78 is 0. The van der Waals surface area contributed by atoms with Crippen LogP contribution in [-0.4, -0.2) is 6.54 Å². The molecule has 0 aromatic carbocycles. The van der Waals surface area contributed by atoms with Gasteiger partial charge in [0.15, 0.2) is 0 Å². The van der Waals surface area contributed by atoms with Crippen LogP contribution in [0.15, 0.2) is 0 Å². The second-order valence-corrected chi connectivity index (χ2v) is 4.33. The minimum atomic E-state index is 0.827. The molecule has 1 aliphatic carbocycles. The summed E-state index contributed by atoms with van der Waals surface area (Å²) in [6.07, 6.45) is 6.98. The van der Waals surface area contributed by atoms with Gasteiger partial charge in [-0.1, -0.05) is 33.1 Å². The van der Waals surface area contributed by atoms with Crippen molar-refractivity contribution >= 4 is 0 Å². The molecule has 1 nitrogen and oxygen atoms in total. The molecule has 0 aliphatic heterocycles. The lowest BCUT2D eigenvalue weighted by atomic mass is 9.72. The number of rotatable bonds is 3. The van der Waals surface area contributed by atoms with Crippen LogP contribution in [0.5, 0.6) is 0 Å². The van der Waals surface area contributed by atoms with Crippen molar-refractivity contribution in [3.8, 4) is 0 Å². The van der Waals surface area contributed by atoms with Gasteiger partial charge in [-0.25, -0.2) is 0 Å². The highest BCUT2D eigenvalue weighted by Gasteiger charge is 2.27. The molecule has 0 heterocycles. The summed E-state index contributed by atoms with van der Waals surface area (Å²) in [5.41, 5.74) is 5.79. The van der Waals surface area contributed by atoms with Gasteiger partial charge in [-0.2, -0.15) is 0 Å². The average molecular weight is 169 g/mol. The zero-order chi connectivity index (χ0) is 8.97. The molecular formula is C11H23N. The summed E-state index contributed by atoms with van der Waals surface area (Å²) in [6.45, 7) is 5.60. The van der Waals surface area contributed by atoms with Crippen LogP contribution in [-0.2, 0) is 0 Å². The van der Waals surface area contributed by atoms with Crippen molar-refractivity contribution in [2.24, 2.45) is 23.5 Å². The van der Waals surface area contributed by atoms with E-state index < -0.39 is 0 Å². The summed E-state index contributed by atoms with van der Waals surface area (Å²) >= 11 is 0. The lowest BCUT2D eigenvalue weighted by molar-refractivity contribution is 0.172. The van der Waals surface area contributed by atoms with Gasteiger partial charge in [-0.3, -0.25) is 0 Å². The van der Waals surface area contributed by atoms with E-state index >= 15 is 0 Å². The Balaban J connectivity index is 2.46. The van der Waals surface area contributed by atoms with E-state index in [2.05, 4.69) is 13.8 Å². The highest BCUT2D eigenvalue weighted by Crippen LogP contribution is 2.35. The zero-order valence-electron chi connectivity index (χ0n) is 8.55. The molecule has 1 heteroatoms. The van der Waals surface area contributed by atoms with Crippen LogP contribution in [0.1, 0.15) is 46.0 Å². The van der Waals surface area contributed by atoms with Crippen molar-refractivity contribution < 1.29 is 0 Å². The second-order valence-electron chi connectivity index (χ2n) is 4.33. The standard InChI is InChI=1S/C11H23N/c1-3-9(2)11-7-5-4-6-10(11)8-12/h9-11H,3-8,12H2,1-2H3/t9?,10-,11+/m1/s1. The van der Waals surface area contributed by atoms with Crippen LogP contribution in [0.25, 0.3) is 0 Å². The van der Waals surface area contributed by atoms with Gasteiger partial charge >= 0.3 is 0 Å². The fraction of sp³-hybridized carbons (Fsp3) is 1.00. The Kier molecular flexibility index (Phi) is 4.07. The monoisotopic (exact) mass is 169 g/mol. The Labute approximate surface area is 76.7 Å². The second kappa shape index (κ2) is 4.86. The van der Waals surface area contributed by atoms with E-state index in [-0.39, 0.29) is 0 Å². The van der Waals surface area contributed by atoms with Gasteiger partial charge in [0.1, 0.15) is 0 Å². The molecule has 12 heavy (non-hydrogen) atoms. The fourth-order valence-corrected chi connectivity index (χ4v) is 2.58. The summed E-state index contributed by atoms with van der Waals surface area (Å²) in [5, 5.41) is 0. The summed E-state index contributed by atoms with van der Waals surface area (Å²) in [4.78, 5) is 0. The Bertz CT molecular complexity index is 122. The lowest BCUT2D eigenvalue weighted by Crippen LogP contribution is -2.30. The van der Waals surface area contributed by atoms with E-state index in [0.29, 0.717) is 0 Å². The normalized spacial score (nSPS) is 33.2. The topological polar surface area (TPSA) is 26.0 Å². The quantitative estimate of drug-likeness (QED) is 0.690. The molecule has 0 saturated heterocycles. The van der Waals surface area contributed by atoms with Gasteiger partial charge in [0.25, 0.3) is 0 Å². The molecule has 1 unspecified atom stereocenters. The molecule has 0 amide bonds. The lowest BCUT2D eigenvalue weighted by Gasteiger charge is -2.34. The van der Waals surface area contributed by atoms with Crippen molar-refractivity contribution in [2.45, 2.75) is 46.0 Å². The first kappa shape index (κ1) is 10.0. The predicted octanol–water partition coefficient (Wildman–Crippen LogP) is 2.80. The minimum Gasteiger partial charge on any atom is -0.330 e. The van der Waals surface area contributed by atoms with Crippen LogP contribution in [0, 0.1) is 17.8 Å². The van der Waals surface area contributed by atoms with E-state index in [1.165, 1.54) is 32.1 Å². The van der Waals surface area contributed by atoms with Crippen LogP contribution in [0.2, 0.25) is 0 Å². The van der Waals surface area contributed by atoms with Crippen LogP contribution >= 0.6 is 0 Å². The molecule has 0 bridgehead atoms. The van der Waals surface area contributed by atoms with E-state index in [4.69, 9.17) is 5.73 Å². The van der Waals surface area contributed by atoms with E-state index in [1.807, 2.05) is 0 Å². The molecule has 0 spiro atoms. The third kappa shape index (κ3) is 2.22. The van der Waals surface area contributed by atoms with Crippen molar-refractivity contribution in [3.63, 3.8) is 0 Å². The Hall–Kier alpha value is -0.0400. The third-order valence-corrected chi connectivity index (χ3v) is 3.65. The van der Waals surface area contributed by atoms with Crippen LogP contribution in [0.4, 0.5) is 0 Å². The first-order valence-electron chi connectivity index (χ1n) is 5.49. The number of hydrogen-bond acceptors (Lipinski definition) is 1. The highest BCUT2D eigenvalue weighted by atomic mass is 14.6. The molecule has 1 saturated carbocycles. The molecule has 0 aromatic heterocycles. The Morgan fingerprint density at radius 1 is 1.33 bits per heavy atom. The molecule has 72 valence electrons. The molecule has 1 aliphatic rings. The minimum absolute atomic E-state index is 0.827. The number of nitrogens with two attached hydrogens (primary N) is 1. The maximum absolute atomic E-state index is 5.79. The molecule has 1 rings (SSSR count). The van der Waals surface area contributed by atoms with Gasteiger partial charge in [0, 0.05) is 0 Å².